The maximum absolute atomic E-state index is 11.8. The molecule has 162 valence electrons. The molecule has 2 aromatic rings. The van der Waals surface area contributed by atoms with Gasteiger partial charge < -0.3 is 15.3 Å². The van der Waals surface area contributed by atoms with Gasteiger partial charge in [0.2, 0.25) is 5.91 Å². The van der Waals surface area contributed by atoms with Crippen molar-refractivity contribution in [3.63, 3.8) is 0 Å². The highest BCUT2D eigenvalue weighted by molar-refractivity contribution is 7.85. The Kier molecular flexibility index (Phi) is 8.42. The summed E-state index contributed by atoms with van der Waals surface area (Å²) in [6.07, 6.45) is 2.53. The second kappa shape index (κ2) is 11.2. The van der Waals surface area contributed by atoms with E-state index in [4.69, 9.17) is 0 Å². The number of para-hydroxylation sites is 1. The summed E-state index contributed by atoms with van der Waals surface area (Å²) in [5.41, 5.74) is 2.70. The normalized spacial score (nSPS) is 16.8. The molecule has 7 heteroatoms. The lowest BCUT2D eigenvalue weighted by atomic mass is 10.0. The number of carbonyl (C=O) groups is 1. The Morgan fingerprint density at radius 3 is 2.53 bits per heavy atom. The molecule has 30 heavy (non-hydrogen) atoms. The number of anilines is 2. The molecule has 1 heterocycles. The van der Waals surface area contributed by atoms with Crippen LogP contribution in [0.15, 0.2) is 54.6 Å². The van der Waals surface area contributed by atoms with Gasteiger partial charge in [-0.05, 0) is 49.2 Å². The molecule has 0 radical (unpaired) electrons. The zero-order chi connectivity index (χ0) is 21.3. The van der Waals surface area contributed by atoms with Crippen LogP contribution in [0.25, 0.3) is 0 Å². The van der Waals surface area contributed by atoms with E-state index in [2.05, 4.69) is 39.4 Å². The van der Waals surface area contributed by atoms with Gasteiger partial charge in [0.1, 0.15) is 5.75 Å². The summed E-state index contributed by atoms with van der Waals surface area (Å²) >= 11 is 0. The van der Waals surface area contributed by atoms with E-state index < -0.39 is 16.9 Å². The van der Waals surface area contributed by atoms with Crippen molar-refractivity contribution >= 4 is 28.1 Å². The van der Waals surface area contributed by atoms with Gasteiger partial charge in [-0.15, -0.1) is 0 Å². The van der Waals surface area contributed by atoms with Gasteiger partial charge in [0, 0.05) is 54.6 Å². The summed E-state index contributed by atoms with van der Waals surface area (Å²) < 4.78 is 11.2. The van der Waals surface area contributed by atoms with Gasteiger partial charge in [0.05, 0.1) is 6.10 Å². The summed E-state index contributed by atoms with van der Waals surface area (Å²) in [5.74, 6) is -0.304. The van der Waals surface area contributed by atoms with E-state index in [1.807, 2.05) is 18.2 Å². The van der Waals surface area contributed by atoms with Crippen LogP contribution in [0.2, 0.25) is 0 Å². The van der Waals surface area contributed by atoms with Crippen molar-refractivity contribution in [1.29, 1.82) is 0 Å². The zero-order valence-electron chi connectivity index (χ0n) is 17.5. The van der Waals surface area contributed by atoms with Crippen molar-refractivity contribution in [3.8, 4) is 0 Å². The minimum atomic E-state index is -1.17. The van der Waals surface area contributed by atoms with Crippen LogP contribution in [0.1, 0.15) is 24.5 Å². The van der Waals surface area contributed by atoms with Crippen LogP contribution >= 0.6 is 0 Å². The van der Waals surface area contributed by atoms with E-state index >= 15 is 0 Å². The van der Waals surface area contributed by atoms with E-state index in [1.54, 1.807) is 12.1 Å². The van der Waals surface area contributed by atoms with Crippen LogP contribution in [0.3, 0.4) is 0 Å². The third-order valence-corrected chi connectivity index (χ3v) is 6.00. The van der Waals surface area contributed by atoms with Crippen molar-refractivity contribution in [2.75, 3.05) is 54.9 Å². The fourth-order valence-corrected chi connectivity index (χ4v) is 4.19. The second-order valence-electron chi connectivity index (χ2n) is 7.71. The lowest BCUT2D eigenvalue weighted by Crippen LogP contribution is -2.46. The van der Waals surface area contributed by atoms with Gasteiger partial charge in [-0.3, -0.25) is 13.9 Å². The summed E-state index contributed by atoms with van der Waals surface area (Å²) in [5, 5.41) is 13.3. The molecule has 6 nitrogen and oxygen atoms in total. The highest BCUT2D eigenvalue weighted by Crippen LogP contribution is 2.22. The number of benzene rings is 2. The first kappa shape index (κ1) is 22.5. The van der Waals surface area contributed by atoms with Crippen molar-refractivity contribution in [2.45, 2.75) is 18.9 Å². The summed E-state index contributed by atoms with van der Waals surface area (Å²) in [6.45, 7) is 5.09. The Hall–Kier alpha value is -2.22. The van der Waals surface area contributed by atoms with Crippen LogP contribution in [0.5, 0.6) is 0 Å². The quantitative estimate of drug-likeness (QED) is 0.641. The molecule has 1 amide bonds. The maximum atomic E-state index is 11.8. The first-order valence-corrected chi connectivity index (χ1v) is 12.1. The van der Waals surface area contributed by atoms with E-state index in [0.717, 1.165) is 44.7 Å². The minimum Gasteiger partial charge on any atom is -0.388 e. The number of nitrogens with zero attached hydrogens (tertiary/aromatic N) is 2. The summed E-state index contributed by atoms with van der Waals surface area (Å²) in [7, 11) is -1.17. The van der Waals surface area contributed by atoms with Crippen LogP contribution in [-0.2, 0) is 15.6 Å². The van der Waals surface area contributed by atoms with Crippen LogP contribution in [0, 0.1) is 0 Å². The number of aliphatic hydroxyl groups is 1. The predicted octanol–water partition coefficient (Wildman–Crippen LogP) is 2.64. The molecular weight excluding hydrogens is 398 g/mol. The Morgan fingerprint density at radius 2 is 1.83 bits per heavy atom. The van der Waals surface area contributed by atoms with Crippen LogP contribution < -0.4 is 10.2 Å². The number of hydrogen-bond acceptors (Lipinski definition) is 5. The van der Waals surface area contributed by atoms with Gasteiger partial charge >= 0.3 is 0 Å². The lowest BCUT2D eigenvalue weighted by molar-refractivity contribution is -0.113. The Labute approximate surface area is 181 Å². The van der Waals surface area contributed by atoms with Gasteiger partial charge in [-0.25, -0.2) is 0 Å². The molecule has 1 aliphatic rings. The molecular formula is C23H31N3O3S. The molecule has 1 fully saturated rings. The average Bonchev–Trinajstić information content (AvgIpc) is 2.74. The van der Waals surface area contributed by atoms with Crippen molar-refractivity contribution in [1.82, 2.24) is 4.90 Å². The standard InChI is InChI=1S/C23H31N3O3S/c1-30(29)18-23(28)24-20-8-5-7-19(17-20)22(27)11-6-12-25-13-15-26(16-14-25)21-9-3-2-4-10-21/h2-5,7-10,17,22,27H,6,11-16,18H2,1H3,(H,24,28). The molecule has 1 aliphatic heterocycles. The molecule has 3 rings (SSSR count). The van der Waals surface area contributed by atoms with Crippen LogP contribution in [-0.4, -0.2) is 64.9 Å². The Bertz CT molecular complexity index is 839. The van der Waals surface area contributed by atoms with Gasteiger partial charge in [0.15, 0.2) is 0 Å². The number of amides is 1. The third-order valence-electron chi connectivity index (χ3n) is 5.34. The van der Waals surface area contributed by atoms with E-state index in [1.165, 1.54) is 11.9 Å². The fourth-order valence-electron chi connectivity index (χ4n) is 3.75. The SMILES string of the molecule is CS(=O)CC(=O)Nc1cccc(C(O)CCCN2CCN(c3ccccc3)CC2)c1. The zero-order valence-corrected chi connectivity index (χ0v) is 18.3. The van der Waals surface area contributed by atoms with Gasteiger partial charge in [-0.1, -0.05) is 30.3 Å². The van der Waals surface area contributed by atoms with E-state index in [9.17, 15) is 14.1 Å². The first-order chi connectivity index (χ1) is 14.5. The van der Waals surface area contributed by atoms with Crippen molar-refractivity contribution < 1.29 is 14.1 Å². The number of piperazine rings is 1. The predicted molar refractivity (Wildman–Crippen MR) is 123 cm³/mol. The molecule has 0 aliphatic carbocycles. The molecule has 0 spiro atoms. The molecule has 2 aromatic carbocycles. The summed E-state index contributed by atoms with van der Waals surface area (Å²) in [6, 6.07) is 17.8. The van der Waals surface area contributed by atoms with E-state index in [-0.39, 0.29) is 11.7 Å². The number of aliphatic hydroxyl groups excluding tert-OH is 1. The lowest BCUT2D eigenvalue weighted by Gasteiger charge is -2.36. The summed E-state index contributed by atoms with van der Waals surface area (Å²) in [4.78, 5) is 16.7. The topological polar surface area (TPSA) is 72.9 Å². The van der Waals surface area contributed by atoms with Crippen LogP contribution in [0.4, 0.5) is 11.4 Å². The van der Waals surface area contributed by atoms with Crippen molar-refractivity contribution in [2.24, 2.45) is 0 Å². The number of hydrogen-bond donors (Lipinski definition) is 2. The van der Waals surface area contributed by atoms with Gasteiger partial charge in [-0.2, -0.15) is 0 Å². The highest BCUT2D eigenvalue weighted by atomic mass is 32.2. The smallest absolute Gasteiger partial charge is 0.236 e. The molecule has 0 bridgehead atoms. The number of nitrogens with one attached hydrogen (secondary N) is 1. The second-order valence-corrected chi connectivity index (χ2v) is 9.15. The molecule has 2 N–H and O–H groups in total. The Morgan fingerprint density at radius 1 is 1.10 bits per heavy atom. The maximum Gasteiger partial charge on any atom is 0.236 e. The molecule has 2 unspecified atom stereocenters. The monoisotopic (exact) mass is 429 g/mol. The minimum absolute atomic E-state index is 0.0235. The average molecular weight is 430 g/mol. The van der Waals surface area contributed by atoms with E-state index in [0.29, 0.717) is 12.1 Å². The molecule has 0 aromatic heterocycles. The molecule has 2 atom stereocenters. The van der Waals surface area contributed by atoms with Crippen molar-refractivity contribution in [3.05, 3.63) is 60.2 Å². The third kappa shape index (κ3) is 6.93. The van der Waals surface area contributed by atoms with Gasteiger partial charge in [0.25, 0.3) is 0 Å². The first-order valence-electron chi connectivity index (χ1n) is 10.4. The molecule has 0 saturated carbocycles. The molecule has 1 saturated heterocycles. The number of rotatable bonds is 9. The Balaban J connectivity index is 1.41. The fraction of sp³-hybridized carbons (Fsp3) is 0.435. The number of carbonyl (C=O) groups excluding carboxylic acids is 1. The largest absolute Gasteiger partial charge is 0.388 e. The highest BCUT2D eigenvalue weighted by Gasteiger charge is 2.17.